The maximum absolute atomic E-state index is 12.4. The molecule has 0 spiro atoms. The molecule has 0 aliphatic carbocycles. The molecule has 1 aromatic heterocycles. The average molecular weight is 402 g/mol. The molecule has 0 saturated heterocycles. The number of H-pyrrole nitrogens is 1. The topological polar surface area (TPSA) is 101 Å². The summed E-state index contributed by atoms with van der Waals surface area (Å²) in [5.74, 6) is 0.193. The number of fused-ring (bicyclic) bond motifs is 1. The van der Waals surface area contributed by atoms with Gasteiger partial charge in [0.1, 0.15) is 5.69 Å². The lowest BCUT2D eigenvalue weighted by Gasteiger charge is -2.09. The van der Waals surface area contributed by atoms with Crippen LogP contribution in [0.5, 0.6) is 0 Å². The van der Waals surface area contributed by atoms with E-state index in [0.717, 1.165) is 16.3 Å². The van der Waals surface area contributed by atoms with Gasteiger partial charge in [-0.25, -0.2) is 4.98 Å². The van der Waals surface area contributed by atoms with Gasteiger partial charge in [0.05, 0.1) is 0 Å². The molecule has 4 rings (SSSR count). The number of hydrogen-bond acceptors (Lipinski definition) is 5. The Kier molecular flexibility index (Phi) is 5.31. The molecule has 0 radical (unpaired) electrons. The Hall–Kier alpha value is -3.58. The van der Waals surface area contributed by atoms with Crippen LogP contribution in [0.25, 0.3) is 10.8 Å². The Labute approximate surface area is 171 Å². The predicted molar refractivity (Wildman–Crippen MR) is 117 cm³/mol. The smallest absolute Gasteiger partial charge is 0.277 e. The number of thioether (sulfide) groups is 1. The molecule has 1 heterocycles. The number of nitrogens with one attached hydrogen (secondary N) is 2. The predicted octanol–water partition coefficient (Wildman–Crippen LogP) is 4.05. The lowest BCUT2D eigenvalue weighted by atomic mass is 10.1. The third-order valence-corrected chi connectivity index (χ3v) is 5.37. The number of carbonyl (C=O) groups is 1. The zero-order valence-electron chi connectivity index (χ0n) is 15.4. The summed E-state index contributed by atoms with van der Waals surface area (Å²) < 4.78 is 0. The van der Waals surface area contributed by atoms with Gasteiger partial charge in [0.2, 0.25) is 0 Å². The molecule has 144 valence electrons. The number of rotatable bonds is 5. The second-order valence-corrected chi connectivity index (χ2v) is 7.34. The van der Waals surface area contributed by atoms with Crippen molar-refractivity contribution in [2.45, 2.75) is 10.9 Å². The van der Waals surface area contributed by atoms with Crippen molar-refractivity contribution in [2.75, 3.05) is 11.1 Å². The van der Waals surface area contributed by atoms with Gasteiger partial charge in [0.15, 0.2) is 11.0 Å². The fourth-order valence-electron chi connectivity index (χ4n) is 3.00. The summed E-state index contributed by atoms with van der Waals surface area (Å²) in [7, 11) is 0. The molecule has 1 amide bonds. The van der Waals surface area contributed by atoms with Crippen molar-refractivity contribution in [3.05, 3.63) is 94.3 Å². The van der Waals surface area contributed by atoms with E-state index in [1.54, 1.807) is 24.3 Å². The van der Waals surface area contributed by atoms with E-state index < -0.39 is 11.5 Å². The number of aromatic amines is 1. The van der Waals surface area contributed by atoms with Crippen LogP contribution in [0.1, 0.15) is 15.9 Å². The van der Waals surface area contributed by atoms with Crippen molar-refractivity contribution in [1.82, 2.24) is 9.97 Å². The molecule has 6 nitrogen and oxygen atoms in total. The molecule has 7 heteroatoms. The minimum atomic E-state index is -0.484. The quantitative estimate of drug-likeness (QED) is 0.345. The van der Waals surface area contributed by atoms with Gasteiger partial charge < -0.3 is 11.1 Å². The number of aromatic nitrogens is 2. The first-order chi connectivity index (χ1) is 14.1. The van der Waals surface area contributed by atoms with Crippen molar-refractivity contribution >= 4 is 39.9 Å². The van der Waals surface area contributed by atoms with E-state index in [1.807, 2.05) is 30.3 Å². The van der Waals surface area contributed by atoms with Crippen LogP contribution in [0, 0.1) is 0 Å². The fraction of sp³-hybridized carbons (Fsp3) is 0.0455. The molecule has 4 aromatic rings. The third-order valence-electron chi connectivity index (χ3n) is 4.44. The number of anilines is 2. The standard InChI is InChI=1S/C22H18N4O2S/c23-19-18(24-20(27)15-8-2-1-3-9-15)21(28)26-22(25-19)29-13-16-11-6-10-14-7-4-5-12-17(14)16/h1-12H,13H2,(H,24,27)(H3,23,25,26,28). The first-order valence-corrected chi connectivity index (χ1v) is 9.96. The Morgan fingerprint density at radius 1 is 1.00 bits per heavy atom. The van der Waals surface area contributed by atoms with E-state index in [1.165, 1.54) is 11.8 Å². The number of nitrogen functional groups attached to an aromatic ring is 1. The number of carbonyl (C=O) groups excluding carboxylic acids is 1. The molecular weight excluding hydrogens is 384 g/mol. The van der Waals surface area contributed by atoms with Crippen LogP contribution >= 0.6 is 11.8 Å². The normalized spacial score (nSPS) is 10.8. The van der Waals surface area contributed by atoms with Crippen molar-refractivity contribution in [1.29, 1.82) is 0 Å². The van der Waals surface area contributed by atoms with Crippen molar-refractivity contribution in [3.8, 4) is 0 Å². The summed E-state index contributed by atoms with van der Waals surface area (Å²) in [5.41, 5.74) is 6.98. The van der Waals surface area contributed by atoms with Gasteiger partial charge in [0, 0.05) is 11.3 Å². The van der Waals surface area contributed by atoms with Gasteiger partial charge in [0.25, 0.3) is 11.5 Å². The molecule has 0 saturated carbocycles. The van der Waals surface area contributed by atoms with E-state index >= 15 is 0 Å². The molecule has 4 N–H and O–H groups in total. The first-order valence-electron chi connectivity index (χ1n) is 8.97. The van der Waals surface area contributed by atoms with E-state index in [2.05, 4.69) is 33.5 Å². The number of amides is 1. The van der Waals surface area contributed by atoms with E-state index in [-0.39, 0.29) is 11.5 Å². The number of hydrogen-bond donors (Lipinski definition) is 3. The minimum absolute atomic E-state index is 0.0153. The maximum atomic E-state index is 12.4. The highest BCUT2D eigenvalue weighted by molar-refractivity contribution is 7.98. The Bertz CT molecular complexity index is 1230. The molecule has 0 atom stereocenters. The molecule has 0 unspecified atom stereocenters. The van der Waals surface area contributed by atoms with Crippen molar-refractivity contribution in [3.63, 3.8) is 0 Å². The fourth-order valence-corrected chi connectivity index (χ4v) is 3.87. The largest absolute Gasteiger partial charge is 0.382 e. The summed E-state index contributed by atoms with van der Waals surface area (Å²) in [6.07, 6.45) is 0. The summed E-state index contributed by atoms with van der Waals surface area (Å²) in [6, 6.07) is 22.8. The Morgan fingerprint density at radius 3 is 2.52 bits per heavy atom. The van der Waals surface area contributed by atoms with Crippen LogP contribution in [0.3, 0.4) is 0 Å². The van der Waals surface area contributed by atoms with Crippen LogP contribution in [-0.4, -0.2) is 15.9 Å². The lowest BCUT2D eigenvalue weighted by Crippen LogP contribution is -2.23. The van der Waals surface area contributed by atoms with Crippen LogP contribution in [-0.2, 0) is 5.75 Å². The highest BCUT2D eigenvalue weighted by atomic mass is 32.2. The number of nitrogens with zero attached hydrogens (tertiary/aromatic N) is 1. The molecule has 0 aliphatic heterocycles. The number of benzene rings is 3. The molecule has 0 bridgehead atoms. The molecule has 0 aliphatic rings. The van der Waals surface area contributed by atoms with Crippen LogP contribution in [0.4, 0.5) is 11.5 Å². The van der Waals surface area contributed by atoms with Gasteiger partial charge in [-0.2, -0.15) is 0 Å². The second-order valence-electron chi connectivity index (χ2n) is 6.38. The van der Waals surface area contributed by atoms with Crippen molar-refractivity contribution in [2.24, 2.45) is 0 Å². The summed E-state index contributed by atoms with van der Waals surface area (Å²) in [5, 5.41) is 5.26. The zero-order chi connectivity index (χ0) is 20.2. The molecular formula is C22H18N4O2S. The van der Waals surface area contributed by atoms with Crippen LogP contribution in [0.2, 0.25) is 0 Å². The van der Waals surface area contributed by atoms with E-state index in [4.69, 9.17) is 5.73 Å². The molecule has 0 fully saturated rings. The van der Waals surface area contributed by atoms with Crippen LogP contribution < -0.4 is 16.6 Å². The highest BCUT2D eigenvalue weighted by Crippen LogP contribution is 2.26. The van der Waals surface area contributed by atoms with Crippen LogP contribution in [0.15, 0.2) is 82.7 Å². The van der Waals surface area contributed by atoms with Gasteiger partial charge in [-0.1, -0.05) is 72.4 Å². The summed E-state index contributed by atoms with van der Waals surface area (Å²) in [6.45, 7) is 0. The average Bonchev–Trinajstić information content (AvgIpc) is 2.75. The van der Waals surface area contributed by atoms with E-state index in [9.17, 15) is 9.59 Å². The van der Waals surface area contributed by atoms with Crippen molar-refractivity contribution < 1.29 is 4.79 Å². The second kappa shape index (κ2) is 8.20. The third kappa shape index (κ3) is 4.14. The zero-order valence-corrected chi connectivity index (χ0v) is 16.2. The maximum Gasteiger partial charge on any atom is 0.277 e. The van der Waals surface area contributed by atoms with Gasteiger partial charge in [-0.05, 0) is 28.5 Å². The van der Waals surface area contributed by atoms with Gasteiger partial charge in [-0.3, -0.25) is 14.6 Å². The summed E-state index contributed by atoms with van der Waals surface area (Å²) >= 11 is 1.38. The monoisotopic (exact) mass is 402 g/mol. The first kappa shape index (κ1) is 18.8. The number of nitrogens with two attached hydrogens (primary N) is 1. The highest BCUT2D eigenvalue weighted by Gasteiger charge is 2.14. The lowest BCUT2D eigenvalue weighted by molar-refractivity contribution is 0.102. The Morgan fingerprint density at radius 2 is 1.72 bits per heavy atom. The SMILES string of the molecule is Nc1nc(SCc2cccc3ccccc23)[nH]c(=O)c1NC(=O)c1ccccc1. The summed E-state index contributed by atoms with van der Waals surface area (Å²) in [4.78, 5) is 31.7. The Balaban J connectivity index is 1.53. The molecule has 3 aromatic carbocycles. The minimum Gasteiger partial charge on any atom is -0.382 e. The van der Waals surface area contributed by atoms with Gasteiger partial charge >= 0.3 is 0 Å². The molecule has 29 heavy (non-hydrogen) atoms. The van der Waals surface area contributed by atoms with E-state index in [0.29, 0.717) is 16.5 Å². The van der Waals surface area contributed by atoms with Gasteiger partial charge in [-0.15, -0.1) is 0 Å².